The van der Waals surface area contributed by atoms with E-state index in [0.717, 1.165) is 13.0 Å². The van der Waals surface area contributed by atoms with E-state index >= 15 is 0 Å². The van der Waals surface area contributed by atoms with Crippen LogP contribution in [0.15, 0.2) is 24.3 Å². The van der Waals surface area contributed by atoms with Gasteiger partial charge in [0.25, 0.3) is 5.91 Å². The average Bonchev–Trinajstić information content (AvgIpc) is 2.92. The van der Waals surface area contributed by atoms with E-state index in [2.05, 4.69) is 28.2 Å². The fraction of sp³-hybridized carbons (Fsp3) is 0.719. The van der Waals surface area contributed by atoms with Crippen molar-refractivity contribution in [3.63, 3.8) is 0 Å². The number of hydrogen-bond donors (Lipinski definition) is 5. The molecule has 1 aromatic carbocycles. The highest BCUT2D eigenvalue weighted by atomic mass is 16.5. The highest BCUT2D eigenvalue weighted by Crippen LogP contribution is 2.17. The molecule has 0 radical (unpaired) electrons. The highest BCUT2D eigenvalue weighted by Gasteiger charge is 2.21. The number of carbonyl (C=O) groups excluding carboxylic acids is 3. The Labute approximate surface area is 248 Å². The second-order valence-corrected chi connectivity index (χ2v) is 11.3. The molecule has 2 unspecified atom stereocenters. The lowest BCUT2D eigenvalue weighted by molar-refractivity contribution is -0.129. The van der Waals surface area contributed by atoms with E-state index in [-0.39, 0.29) is 24.2 Å². The molecule has 5 N–H and O–H groups in total. The second kappa shape index (κ2) is 22.8. The van der Waals surface area contributed by atoms with Crippen LogP contribution in [0.1, 0.15) is 111 Å². The average molecular weight is 577 g/mol. The Bertz CT molecular complexity index is 845. The van der Waals surface area contributed by atoms with E-state index in [1.807, 2.05) is 13.8 Å². The SMILES string of the molecule is CCCCCCCCCCCCNC(=O)CCCOc1ccc(NC(NC(=O)CC(C)O)C(=O)NCC(C)C)cc1. The third kappa shape index (κ3) is 19.8. The van der Waals surface area contributed by atoms with Gasteiger partial charge in [-0.1, -0.05) is 78.6 Å². The largest absolute Gasteiger partial charge is 0.494 e. The Hall–Kier alpha value is -2.81. The number of nitrogens with one attached hydrogen (secondary N) is 4. The van der Waals surface area contributed by atoms with Gasteiger partial charge in [-0.2, -0.15) is 0 Å². The zero-order valence-corrected chi connectivity index (χ0v) is 25.9. The summed E-state index contributed by atoms with van der Waals surface area (Å²) in [5.41, 5.74) is 0.630. The molecule has 0 bridgehead atoms. The summed E-state index contributed by atoms with van der Waals surface area (Å²) in [6.45, 7) is 9.38. The number of ether oxygens (including phenoxy) is 1. The first-order chi connectivity index (χ1) is 19.7. The third-order valence-corrected chi connectivity index (χ3v) is 6.57. The first kappa shape index (κ1) is 36.2. The predicted molar refractivity (Wildman–Crippen MR) is 166 cm³/mol. The van der Waals surface area contributed by atoms with E-state index < -0.39 is 18.2 Å². The van der Waals surface area contributed by atoms with Gasteiger partial charge in [0, 0.05) is 25.2 Å². The third-order valence-electron chi connectivity index (χ3n) is 6.57. The minimum Gasteiger partial charge on any atom is -0.494 e. The summed E-state index contributed by atoms with van der Waals surface area (Å²) < 4.78 is 5.76. The monoisotopic (exact) mass is 576 g/mol. The molecular weight excluding hydrogens is 520 g/mol. The van der Waals surface area contributed by atoms with Gasteiger partial charge in [0.15, 0.2) is 6.17 Å². The molecule has 1 aromatic rings. The number of carbonyl (C=O) groups is 3. The standard InChI is InChI=1S/C32H56N4O5/c1-5-6-7-8-9-10-11-12-13-14-21-33-29(38)16-15-22-41-28-19-17-27(18-20-28)35-31(32(40)34-24-25(2)3)36-30(39)23-26(4)37/h17-20,25-26,31,35,37H,5-16,21-24H2,1-4H3,(H,33,38)(H,34,40)(H,36,39). The second-order valence-electron chi connectivity index (χ2n) is 11.3. The van der Waals surface area contributed by atoms with Crippen LogP contribution in [0.5, 0.6) is 5.75 Å². The van der Waals surface area contributed by atoms with Gasteiger partial charge in [-0.25, -0.2) is 0 Å². The molecule has 1 rings (SSSR count). The molecule has 9 heteroatoms. The van der Waals surface area contributed by atoms with Crippen LogP contribution in [0.4, 0.5) is 5.69 Å². The van der Waals surface area contributed by atoms with Crippen molar-refractivity contribution in [3.05, 3.63) is 24.3 Å². The van der Waals surface area contributed by atoms with E-state index in [9.17, 15) is 19.5 Å². The smallest absolute Gasteiger partial charge is 0.263 e. The molecule has 0 heterocycles. The predicted octanol–water partition coefficient (Wildman–Crippen LogP) is 5.28. The summed E-state index contributed by atoms with van der Waals surface area (Å²) in [6, 6.07) is 7.07. The molecule has 0 aliphatic carbocycles. The van der Waals surface area contributed by atoms with Crippen molar-refractivity contribution in [1.82, 2.24) is 16.0 Å². The molecule has 3 amide bonds. The Balaban J connectivity index is 2.28. The van der Waals surface area contributed by atoms with Crippen molar-refractivity contribution in [2.45, 2.75) is 123 Å². The van der Waals surface area contributed by atoms with Crippen molar-refractivity contribution in [1.29, 1.82) is 0 Å². The Kier molecular flexibility index (Phi) is 20.2. The number of unbranched alkanes of at least 4 members (excludes halogenated alkanes) is 9. The fourth-order valence-corrected chi connectivity index (χ4v) is 4.23. The molecule has 41 heavy (non-hydrogen) atoms. The summed E-state index contributed by atoms with van der Waals surface area (Å²) in [6.07, 6.45) is 12.0. The summed E-state index contributed by atoms with van der Waals surface area (Å²) >= 11 is 0. The van der Waals surface area contributed by atoms with Crippen LogP contribution >= 0.6 is 0 Å². The maximum absolute atomic E-state index is 12.6. The van der Waals surface area contributed by atoms with E-state index in [1.165, 1.54) is 64.7 Å². The lowest BCUT2D eigenvalue weighted by atomic mass is 10.1. The lowest BCUT2D eigenvalue weighted by Gasteiger charge is -2.22. The molecule has 0 aliphatic rings. The molecule has 0 saturated carbocycles. The van der Waals surface area contributed by atoms with Gasteiger partial charge >= 0.3 is 0 Å². The summed E-state index contributed by atoms with van der Waals surface area (Å²) in [7, 11) is 0. The normalized spacial score (nSPS) is 12.4. The summed E-state index contributed by atoms with van der Waals surface area (Å²) in [5.74, 6) is 0.192. The van der Waals surface area contributed by atoms with Crippen LogP contribution in [0.2, 0.25) is 0 Å². The molecule has 2 atom stereocenters. The minimum absolute atomic E-state index is 0.0588. The maximum Gasteiger partial charge on any atom is 0.263 e. The number of anilines is 1. The minimum atomic E-state index is -0.981. The first-order valence-electron chi connectivity index (χ1n) is 15.7. The van der Waals surface area contributed by atoms with Crippen LogP contribution in [-0.4, -0.2) is 54.8 Å². The van der Waals surface area contributed by atoms with Gasteiger partial charge in [0.2, 0.25) is 11.8 Å². The Morgan fingerprint density at radius 1 is 0.805 bits per heavy atom. The maximum atomic E-state index is 12.6. The van der Waals surface area contributed by atoms with Crippen LogP contribution in [-0.2, 0) is 14.4 Å². The van der Waals surface area contributed by atoms with Gasteiger partial charge in [-0.05, 0) is 49.9 Å². The zero-order chi connectivity index (χ0) is 30.3. The number of benzene rings is 1. The molecule has 0 aromatic heterocycles. The Morgan fingerprint density at radius 2 is 1.41 bits per heavy atom. The van der Waals surface area contributed by atoms with Gasteiger partial charge < -0.3 is 31.1 Å². The van der Waals surface area contributed by atoms with Gasteiger partial charge in [0.1, 0.15) is 5.75 Å². The van der Waals surface area contributed by atoms with E-state index in [0.29, 0.717) is 37.4 Å². The van der Waals surface area contributed by atoms with Crippen LogP contribution < -0.4 is 26.0 Å². The van der Waals surface area contributed by atoms with Crippen molar-refractivity contribution >= 4 is 23.4 Å². The molecular formula is C32H56N4O5. The van der Waals surface area contributed by atoms with Crippen LogP contribution in [0, 0.1) is 5.92 Å². The first-order valence-corrected chi connectivity index (χ1v) is 15.7. The molecule has 0 spiro atoms. The molecule has 9 nitrogen and oxygen atoms in total. The summed E-state index contributed by atoms with van der Waals surface area (Å²) in [5, 5.41) is 21.0. The molecule has 0 fully saturated rings. The Morgan fingerprint density at radius 3 is 2.00 bits per heavy atom. The van der Waals surface area contributed by atoms with Crippen molar-refractivity contribution in [2.75, 3.05) is 25.0 Å². The summed E-state index contributed by atoms with van der Waals surface area (Å²) in [4.78, 5) is 36.9. The number of aliphatic hydroxyl groups excluding tert-OH is 1. The van der Waals surface area contributed by atoms with Crippen molar-refractivity contribution in [2.24, 2.45) is 5.92 Å². The van der Waals surface area contributed by atoms with Crippen LogP contribution in [0.3, 0.4) is 0 Å². The topological polar surface area (TPSA) is 129 Å². The number of aliphatic hydroxyl groups is 1. The van der Waals surface area contributed by atoms with Gasteiger partial charge in [-0.15, -0.1) is 0 Å². The fourth-order valence-electron chi connectivity index (χ4n) is 4.23. The van der Waals surface area contributed by atoms with Crippen molar-refractivity contribution in [3.8, 4) is 5.75 Å². The van der Waals surface area contributed by atoms with Crippen LogP contribution in [0.25, 0.3) is 0 Å². The van der Waals surface area contributed by atoms with Gasteiger partial charge in [0.05, 0.1) is 19.1 Å². The number of amides is 3. The van der Waals surface area contributed by atoms with Gasteiger partial charge in [-0.3, -0.25) is 14.4 Å². The highest BCUT2D eigenvalue weighted by molar-refractivity contribution is 5.89. The lowest BCUT2D eigenvalue weighted by Crippen LogP contribution is -2.52. The van der Waals surface area contributed by atoms with E-state index in [4.69, 9.17) is 4.74 Å². The zero-order valence-electron chi connectivity index (χ0n) is 25.9. The van der Waals surface area contributed by atoms with Crippen molar-refractivity contribution < 1.29 is 24.2 Å². The number of hydrogen-bond acceptors (Lipinski definition) is 6. The quantitative estimate of drug-likeness (QED) is 0.0841. The number of rotatable bonds is 24. The molecule has 234 valence electrons. The molecule has 0 aliphatic heterocycles. The van der Waals surface area contributed by atoms with E-state index in [1.54, 1.807) is 24.3 Å². The molecule has 0 saturated heterocycles.